The molecule has 1 heterocycles. The van der Waals surface area contributed by atoms with E-state index < -0.39 is 22.5 Å². The average molecular weight is 487 g/mol. The van der Waals surface area contributed by atoms with Crippen molar-refractivity contribution in [2.45, 2.75) is 4.90 Å². The van der Waals surface area contributed by atoms with E-state index in [4.69, 9.17) is 14.2 Å². The highest BCUT2D eigenvalue weighted by atomic mass is 32.2. The number of amides is 1. The van der Waals surface area contributed by atoms with Crippen molar-refractivity contribution in [3.8, 4) is 17.2 Å². The van der Waals surface area contributed by atoms with E-state index in [1.165, 1.54) is 36.4 Å². The summed E-state index contributed by atoms with van der Waals surface area (Å²) in [4.78, 5) is 12.7. The Balaban J connectivity index is 1.48. The SMILES string of the molecule is O=C(CN(c1ccc2c(c1)OCCO2)S(=O)(=O)c1ccccc1)NCCOc1ccc(F)cc1. The number of sulfonamides is 1. The van der Waals surface area contributed by atoms with Gasteiger partial charge in [-0.15, -0.1) is 0 Å². The summed E-state index contributed by atoms with van der Waals surface area (Å²) in [5.74, 6) is 0.483. The lowest BCUT2D eigenvalue weighted by atomic mass is 10.2. The van der Waals surface area contributed by atoms with Crippen molar-refractivity contribution in [3.05, 3.63) is 78.6 Å². The normalized spacial score (nSPS) is 12.6. The fourth-order valence-corrected chi connectivity index (χ4v) is 4.73. The number of carbonyl (C=O) groups is 1. The number of hydrogen-bond acceptors (Lipinski definition) is 6. The van der Waals surface area contributed by atoms with Crippen LogP contribution in [0.15, 0.2) is 77.7 Å². The number of carbonyl (C=O) groups excluding carboxylic acids is 1. The molecule has 0 bridgehead atoms. The first kappa shape index (κ1) is 23.4. The number of benzene rings is 3. The monoisotopic (exact) mass is 486 g/mol. The van der Waals surface area contributed by atoms with Gasteiger partial charge in [-0.1, -0.05) is 18.2 Å². The molecule has 8 nitrogen and oxygen atoms in total. The van der Waals surface area contributed by atoms with Crippen molar-refractivity contribution >= 4 is 21.6 Å². The van der Waals surface area contributed by atoms with Crippen molar-refractivity contribution in [1.29, 1.82) is 0 Å². The molecule has 0 saturated heterocycles. The van der Waals surface area contributed by atoms with E-state index in [-0.39, 0.29) is 29.6 Å². The lowest BCUT2D eigenvalue weighted by Gasteiger charge is -2.26. The number of rotatable bonds is 9. The molecular weight excluding hydrogens is 463 g/mol. The Morgan fingerprint density at radius 1 is 0.971 bits per heavy atom. The van der Waals surface area contributed by atoms with Crippen molar-refractivity contribution in [1.82, 2.24) is 5.32 Å². The zero-order valence-electron chi connectivity index (χ0n) is 18.1. The van der Waals surface area contributed by atoms with Crippen LogP contribution in [0.25, 0.3) is 0 Å². The molecule has 0 atom stereocenters. The van der Waals surface area contributed by atoms with Crippen LogP contribution in [0.3, 0.4) is 0 Å². The highest BCUT2D eigenvalue weighted by Gasteiger charge is 2.28. The number of anilines is 1. The Kier molecular flexibility index (Phi) is 7.17. The Bertz CT molecular complexity index is 1240. The van der Waals surface area contributed by atoms with E-state index in [1.54, 1.807) is 36.4 Å². The second-order valence-corrected chi connectivity index (χ2v) is 9.17. The van der Waals surface area contributed by atoms with Crippen molar-refractivity contribution in [2.24, 2.45) is 0 Å². The van der Waals surface area contributed by atoms with Crippen LogP contribution in [0.1, 0.15) is 0 Å². The summed E-state index contributed by atoms with van der Waals surface area (Å²) in [5, 5.41) is 2.65. The molecule has 1 aliphatic heterocycles. The zero-order chi connectivity index (χ0) is 24.0. The Labute approximate surface area is 196 Å². The molecule has 0 aliphatic carbocycles. The molecule has 0 radical (unpaired) electrons. The molecule has 0 spiro atoms. The number of halogens is 1. The lowest BCUT2D eigenvalue weighted by Crippen LogP contribution is -2.42. The summed E-state index contributed by atoms with van der Waals surface area (Å²) in [7, 11) is -4.04. The minimum absolute atomic E-state index is 0.0531. The maximum absolute atomic E-state index is 13.4. The van der Waals surface area contributed by atoms with Gasteiger partial charge < -0.3 is 19.5 Å². The molecule has 0 saturated carbocycles. The predicted molar refractivity (Wildman–Crippen MR) is 123 cm³/mol. The third-order valence-corrected chi connectivity index (χ3v) is 6.73. The molecule has 1 N–H and O–H groups in total. The molecule has 178 valence electrons. The van der Waals surface area contributed by atoms with Gasteiger partial charge in [0, 0.05) is 6.07 Å². The van der Waals surface area contributed by atoms with Crippen LogP contribution >= 0.6 is 0 Å². The fourth-order valence-electron chi connectivity index (χ4n) is 3.30. The Morgan fingerprint density at radius 3 is 2.41 bits per heavy atom. The minimum atomic E-state index is -4.04. The molecule has 34 heavy (non-hydrogen) atoms. The van der Waals surface area contributed by atoms with Crippen LogP contribution in [0.4, 0.5) is 10.1 Å². The third-order valence-electron chi connectivity index (χ3n) is 4.94. The quantitative estimate of drug-likeness (QED) is 0.468. The maximum atomic E-state index is 13.4. The largest absolute Gasteiger partial charge is 0.492 e. The highest BCUT2D eigenvalue weighted by molar-refractivity contribution is 7.92. The Hall–Kier alpha value is -3.79. The molecule has 3 aromatic carbocycles. The van der Waals surface area contributed by atoms with Crippen LogP contribution in [-0.2, 0) is 14.8 Å². The first-order valence-electron chi connectivity index (χ1n) is 10.6. The predicted octanol–water partition coefficient (Wildman–Crippen LogP) is 2.99. The molecule has 0 fully saturated rings. The summed E-state index contributed by atoms with van der Waals surface area (Å²) in [6, 6.07) is 18.1. The van der Waals surface area contributed by atoms with E-state index in [0.717, 1.165) is 4.31 Å². The van der Waals surface area contributed by atoms with E-state index in [0.29, 0.717) is 30.5 Å². The second-order valence-electron chi connectivity index (χ2n) is 7.31. The number of nitrogens with one attached hydrogen (secondary N) is 1. The number of ether oxygens (including phenoxy) is 3. The molecule has 1 aliphatic rings. The van der Waals surface area contributed by atoms with Crippen molar-refractivity contribution in [2.75, 3.05) is 37.2 Å². The van der Waals surface area contributed by atoms with Gasteiger partial charge >= 0.3 is 0 Å². The van der Waals surface area contributed by atoms with Gasteiger partial charge in [0.25, 0.3) is 10.0 Å². The van der Waals surface area contributed by atoms with Gasteiger partial charge in [0.2, 0.25) is 5.91 Å². The maximum Gasteiger partial charge on any atom is 0.264 e. The average Bonchev–Trinajstić information content (AvgIpc) is 2.86. The molecule has 3 aromatic rings. The van der Waals surface area contributed by atoms with Crippen LogP contribution in [0, 0.1) is 5.82 Å². The summed E-state index contributed by atoms with van der Waals surface area (Å²) < 4.78 is 57.3. The van der Waals surface area contributed by atoms with Crippen LogP contribution in [-0.4, -0.2) is 47.2 Å². The topological polar surface area (TPSA) is 94.2 Å². The van der Waals surface area contributed by atoms with Gasteiger partial charge in [-0.2, -0.15) is 0 Å². The number of nitrogens with zero attached hydrogens (tertiary/aromatic N) is 1. The van der Waals surface area contributed by atoms with Gasteiger partial charge in [-0.05, 0) is 48.5 Å². The molecule has 1 amide bonds. The highest BCUT2D eigenvalue weighted by Crippen LogP contribution is 2.35. The summed E-state index contributed by atoms with van der Waals surface area (Å²) >= 11 is 0. The van der Waals surface area contributed by atoms with Crippen molar-refractivity contribution < 1.29 is 31.8 Å². The van der Waals surface area contributed by atoms with E-state index in [1.807, 2.05) is 0 Å². The van der Waals surface area contributed by atoms with E-state index >= 15 is 0 Å². The summed E-state index contributed by atoms with van der Waals surface area (Å²) in [5.41, 5.74) is 0.269. The lowest BCUT2D eigenvalue weighted by molar-refractivity contribution is -0.119. The molecule has 0 unspecified atom stereocenters. The summed E-state index contributed by atoms with van der Waals surface area (Å²) in [6.45, 7) is 0.564. The van der Waals surface area contributed by atoms with Gasteiger partial charge in [-0.3, -0.25) is 9.10 Å². The van der Waals surface area contributed by atoms with Crippen molar-refractivity contribution in [3.63, 3.8) is 0 Å². The minimum Gasteiger partial charge on any atom is -0.492 e. The summed E-state index contributed by atoms with van der Waals surface area (Å²) in [6.07, 6.45) is 0. The van der Waals surface area contributed by atoms with Crippen LogP contribution in [0.5, 0.6) is 17.2 Å². The Morgan fingerprint density at radius 2 is 1.68 bits per heavy atom. The second kappa shape index (κ2) is 10.4. The number of hydrogen-bond donors (Lipinski definition) is 1. The molecule has 0 aromatic heterocycles. The molecular formula is C24H23FN2O6S. The smallest absolute Gasteiger partial charge is 0.264 e. The molecule has 4 rings (SSSR count). The van der Waals surface area contributed by atoms with Gasteiger partial charge in [0.15, 0.2) is 11.5 Å². The van der Waals surface area contributed by atoms with Gasteiger partial charge in [-0.25, -0.2) is 12.8 Å². The van der Waals surface area contributed by atoms with Gasteiger partial charge in [0.1, 0.15) is 37.9 Å². The fraction of sp³-hybridized carbons (Fsp3) is 0.208. The van der Waals surface area contributed by atoms with Crippen LogP contribution < -0.4 is 23.8 Å². The van der Waals surface area contributed by atoms with E-state index in [2.05, 4.69) is 5.32 Å². The number of fused-ring (bicyclic) bond motifs is 1. The third kappa shape index (κ3) is 5.57. The van der Waals surface area contributed by atoms with E-state index in [9.17, 15) is 17.6 Å². The standard InChI is InChI=1S/C24H23FN2O6S/c25-18-6-9-20(10-7-18)31-13-12-26-24(28)17-27(34(29,30)21-4-2-1-3-5-21)19-8-11-22-23(16-19)33-15-14-32-22/h1-11,16H,12-15,17H2,(H,26,28). The van der Waals surface area contributed by atoms with Gasteiger partial charge in [0.05, 0.1) is 17.1 Å². The first-order chi connectivity index (χ1) is 16.4. The molecule has 10 heteroatoms. The first-order valence-corrected chi connectivity index (χ1v) is 12.0. The zero-order valence-corrected chi connectivity index (χ0v) is 19.0. The van der Waals surface area contributed by atoms with Crippen LogP contribution in [0.2, 0.25) is 0 Å².